The zero-order chi connectivity index (χ0) is 29.1. The fourth-order valence-electron chi connectivity index (χ4n) is 4.87. The molecular formula is C42H42. The van der Waals surface area contributed by atoms with Crippen LogP contribution in [-0.4, -0.2) is 0 Å². The predicted octanol–water partition coefficient (Wildman–Crippen LogP) is 11.8. The molecule has 0 aliphatic heterocycles. The Kier molecular flexibility index (Phi) is 12.9. The van der Waals surface area contributed by atoms with Crippen molar-refractivity contribution in [2.24, 2.45) is 0 Å². The van der Waals surface area contributed by atoms with Gasteiger partial charge in [0.2, 0.25) is 0 Å². The third-order valence-corrected chi connectivity index (χ3v) is 7.15. The summed E-state index contributed by atoms with van der Waals surface area (Å²) in [4.78, 5) is 0. The van der Waals surface area contributed by atoms with Gasteiger partial charge in [-0.3, -0.25) is 0 Å². The summed E-state index contributed by atoms with van der Waals surface area (Å²) in [6.07, 6.45) is 58.8. The lowest BCUT2D eigenvalue weighted by molar-refractivity contribution is 0.792. The van der Waals surface area contributed by atoms with Gasteiger partial charge in [0.25, 0.3) is 0 Å². The molecule has 0 atom stereocenters. The number of allylic oxidation sites excluding steroid dienone is 29. The van der Waals surface area contributed by atoms with Crippen LogP contribution in [0.15, 0.2) is 192 Å². The van der Waals surface area contributed by atoms with Crippen molar-refractivity contribution in [3.63, 3.8) is 0 Å². The number of hydrogen-bond donors (Lipinski definition) is 0. The molecule has 1 aromatic rings. The van der Waals surface area contributed by atoms with Gasteiger partial charge in [0.05, 0.1) is 0 Å². The maximum absolute atomic E-state index is 2.35. The molecule has 0 saturated carbocycles. The molecule has 0 fully saturated rings. The van der Waals surface area contributed by atoms with Crippen molar-refractivity contribution in [1.82, 2.24) is 0 Å². The lowest BCUT2D eigenvalue weighted by Gasteiger charge is -2.06. The Morgan fingerprint density at radius 2 is 1.02 bits per heavy atom. The van der Waals surface area contributed by atoms with E-state index < -0.39 is 0 Å². The van der Waals surface area contributed by atoms with Crippen molar-refractivity contribution in [3.8, 4) is 0 Å². The van der Waals surface area contributed by atoms with E-state index >= 15 is 0 Å². The van der Waals surface area contributed by atoms with E-state index in [2.05, 4.69) is 183 Å². The van der Waals surface area contributed by atoms with E-state index in [1.165, 1.54) is 51.8 Å². The molecule has 1 aromatic carbocycles. The standard InChI is InChI=1S/C42H42/c1-2-3-26-42-39-24-20-16-12-7-5-4-6-11-15-19-23-37-29-32-41(35-37)38-30-27-36(28-31-38)22-18-14-10-8-9-13-17-21-25-40(42)34-33-39/h4-25,27-28,30-33,35H,2-3,26,29,34H2,1H3/b6-4-,7-5-,9-8-,14-10-,15-11-,16-12-,17-13-,22-18?,23-19?,24-20-,25-21-. The molecule has 0 heteroatoms. The minimum atomic E-state index is 0.971. The third-order valence-electron chi connectivity index (χ3n) is 7.15. The van der Waals surface area contributed by atoms with E-state index in [1.807, 2.05) is 0 Å². The SMILES string of the molecule is CCCCC1=C2\C=C/C=C\C=C/C=C\C=Cc3ccc(cc3)C3=CCC(=C3)C=C\C=C/C=C\C=C/C=C\C=C/C1=CC2. The fourth-order valence-corrected chi connectivity index (χ4v) is 4.87. The maximum Gasteiger partial charge on any atom is -0.00854 e. The Hall–Kier alpha value is -4.68. The molecule has 6 bridgehead atoms. The minimum absolute atomic E-state index is 0.971. The van der Waals surface area contributed by atoms with Crippen molar-refractivity contribution in [3.05, 3.63) is 204 Å². The number of rotatable bonds is 3. The van der Waals surface area contributed by atoms with Gasteiger partial charge in [-0.25, -0.2) is 0 Å². The van der Waals surface area contributed by atoms with E-state index in [0.717, 1.165) is 19.3 Å². The minimum Gasteiger partial charge on any atom is -0.0726 e. The van der Waals surface area contributed by atoms with Crippen molar-refractivity contribution in [2.45, 2.75) is 39.0 Å². The molecule has 210 valence electrons. The molecule has 42 heavy (non-hydrogen) atoms. The van der Waals surface area contributed by atoms with Gasteiger partial charge in [-0.05, 0) is 64.7 Å². The summed E-state index contributed by atoms with van der Waals surface area (Å²) >= 11 is 0. The van der Waals surface area contributed by atoms with Gasteiger partial charge in [-0.1, -0.05) is 190 Å². The smallest absolute Gasteiger partial charge is 0.00854 e. The summed E-state index contributed by atoms with van der Waals surface area (Å²) in [5.74, 6) is 0. The van der Waals surface area contributed by atoms with E-state index in [4.69, 9.17) is 0 Å². The second kappa shape index (κ2) is 17.9. The van der Waals surface area contributed by atoms with Crippen LogP contribution in [-0.2, 0) is 0 Å². The second-order valence-corrected chi connectivity index (χ2v) is 10.3. The summed E-state index contributed by atoms with van der Waals surface area (Å²) in [6.45, 7) is 2.26. The average molecular weight is 547 g/mol. The molecule has 0 unspecified atom stereocenters. The van der Waals surface area contributed by atoms with E-state index in [-0.39, 0.29) is 0 Å². The van der Waals surface area contributed by atoms with E-state index in [1.54, 1.807) is 0 Å². The summed E-state index contributed by atoms with van der Waals surface area (Å²) in [5.41, 5.74) is 9.35. The van der Waals surface area contributed by atoms with Gasteiger partial charge in [0.1, 0.15) is 0 Å². The Labute approximate surface area is 253 Å². The fraction of sp³-hybridized carbons (Fsp3) is 0.143. The molecule has 5 rings (SSSR count). The summed E-state index contributed by atoms with van der Waals surface area (Å²) in [7, 11) is 0. The highest BCUT2D eigenvalue weighted by molar-refractivity contribution is 5.79. The number of hydrogen-bond acceptors (Lipinski definition) is 0. The lowest BCUT2D eigenvalue weighted by atomic mass is 9.99. The van der Waals surface area contributed by atoms with Crippen LogP contribution in [0.2, 0.25) is 0 Å². The Balaban J connectivity index is 1.47. The number of benzene rings is 1. The van der Waals surface area contributed by atoms with Crippen molar-refractivity contribution >= 4 is 11.6 Å². The van der Waals surface area contributed by atoms with Gasteiger partial charge in [0.15, 0.2) is 0 Å². The normalized spacial score (nSPS) is 24.4. The second-order valence-electron chi connectivity index (χ2n) is 10.3. The van der Waals surface area contributed by atoms with E-state index in [9.17, 15) is 0 Å². The first-order valence-corrected chi connectivity index (χ1v) is 15.1. The highest BCUT2D eigenvalue weighted by Crippen LogP contribution is 2.32. The van der Waals surface area contributed by atoms with Crippen molar-refractivity contribution in [2.75, 3.05) is 0 Å². The molecule has 4 aliphatic carbocycles. The van der Waals surface area contributed by atoms with Crippen LogP contribution in [0.25, 0.3) is 11.6 Å². The quantitative estimate of drug-likeness (QED) is 0.354. The zero-order valence-electron chi connectivity index (χ0n) is 24.8. The van der Waals surface area contributed by atoms with Crippen LogP contribution in [0.3, 0.4) is 0 Å². The molecule has 0 nitrogen and oxygen atoms in total. The molecule has 0 saturated heterocycles. The molecule has 0 N–H and O–H groups in total. The van der Waals surface area contributed by atoms with Gasteiger partial charge < -0.3 is 0 Å². The summed E-state index contributed by atoms with van der Waals surface area (Å²) in [6, 6.07) is 8.76. The van der Waals surface area contributed by atoms with Gasteiger partial charge in [-0.15, -0.1) is 0 Å². The molecule has 4 aliphatic rings. The predicted molar refractivity (Wildman–Crippen MR) is 187 cm³/mol. The topological polar surface area (TPSA) is 0 Å². The Bertz CT molecular complexity index is 1500. The van der Waals surface area contributed by atoms with Gasteiger partial charge in [0, 0.05) is 0 Å². The van der Waals surface area contributed by atoms with Crippen molar-refractivity contribution < 1.29 is 0 Å². The molecule has 0 radical (unpaired) electrons. The maximum atomic E-state index is 2.35. The van der Waals surface area contributed by atoms with Crippen LogP contribution in [0.1, 0.15) is 50.2 Å². The van der Waals surface area contributed by atoms with Crippen LogP contribution in [0.5, 0.6) is 0 Å². The zero-order valence-corrected chi connectivity index (χ0v) is 24.8. The molecule has 0 aromatic heterocycles. The summed E-state index contributed by atoms with van der Waals surface area (Å²) in [5, 5.41) is 0. The number of fused-ring (bicyclic) bond motifs is 11. The largest absolute Gasteiger partial charge is 0.0726 e. The van der Waals surface area contributed by atoms with Crippen LogP contribution in [0, 0.1) is 0 Å². The Morgan fingerprint density at radius 3 is 1.64 bits per heavy atom. The van der Waals surface area contributed by atoms with Gasteiger partial charge in [-0.2, -0.15) is 0 Å². The Morgan fingerprint density at radius 1 is 0.500 bits per heavy atom. The highest BCUT2D eigenvalue weighted by Gasteiger charge is 2.13. The van der Waals surface area contributed by atoms with Crippen LogP contribution < -0.4 is 0 Å². The molecule has 0 heterocycles. The van der Waals surface area contributed by atoms with Crippen molar-refractivity contribution in [1.29, 1.82) is 0 Å². The molecular weight excluding hydrogens is 504 g/mol. The first-order valence-electron chi connectivity index (χ1n) is 15.1. The third kappa shape index (κ3) is 10.4. The first kappa shape index (κ1) is 30.3. The van der Waals surface area contributed by atoms with Crippen LogP contribution >= 0.6 is 0 Å². The monoisotopic (exact) mass is 546 g/mol. The lowest BCUT2D eigenvalue weighted by Crippen LogP contribution is -1.87. The van der Waals surface area contributed by atoms with E-state index in [0.29, 0.717) is 0 Å². The average Bonchev–Trinajstić information content (AvgIpc) is 3.64. The van der Waals surface area contributed by atoms with Gasteiger partial charge >= 0.3 is 0 Å². The summed E-state index contributed by atoms with van der Waals surface area (Å²) < 4.78 is 0. The van der Waals surface area contributed by atoms with Crippen LogP contribution in [0.4, 0.5) is 0 Å². The number of unbranched alkanes of at least 4 members (excludes halogenated alkanes) is 1. The molecule has 0 amide bonds. The first-order chi connectivity index (χ1) is 20.8. The highest BCUT2D eigenvalue weighted by atomic mass is 14.2. The molecule has 0 spiro atoms.